The van der Waals surface area contributed by atoms with E-state index >= 15 is 0 Å². The fraction of sp³-hybridized carbons (Fsp3) is 0.222. The van der Waals surface area contributed by atoms with Gasteiger partial charge in [-0.2, -0.15) is 5.26 Å². The first-order valence-electron chi connectivity index (χ1n) is 12.1. The fourth-order valence-electron chi connectivity index (χ4n) is 4.74. The van der Waals surface area contributed by atoms with Crippen LogP contribution in [0, 0.1) is 17.1 Å². The van der Waals surface area contributed by atoms with Gasteiger partial charge >= 0.3 is 0 Å². The number of nitrogens with two attached hydrogens (primary N) is 1. The van der Waals surface area contributed by atoms with Gasteiger partial charge in [0.2, 0.25) is 11.0 Å². The average Bonchev–Trinajstić information content (AvgIpc) is 3.40. The van der Waals surface area contributed by atoms with E-state index in [1.165, 1.54) is 36.3 Å². The third-order valence-corrected chi connectivity index (χ3v) is 8.82. The molecule has 3 aromatic rings. The van der Waals surface area contributed by atoms with E-state index in [0.717, 1.165) is 0 Å². The molecule has 3 N–H and O–H groups in total. The number of carbonyl (C=O) groups is 2. The Bertz CT molecular complexity index is 1620. The Labute approximate surface area is 242 Å². The zero-order chi connectivity index (χ0) is 28.4. The monoisotopic (exact) mass is 596 g/mol. The number of anilines is 2. The number of hydrogen-bond acceptors (Lipinski definition) is 10. The van der Waals surface area contributed by atoms with Crippen molar-refractivity contribution < 1.29 is 18.7 Å². The van der Waals surface area contributed by atoms with Crippen LogP contribution in [-0.2, 0) is 9.59 Å². The number of benzene rings is 2. The standard InChI is InChI=1S/C27H22ClFN6O3S2/c1-38-21-10-9-14(11-17(21)28)32-22(37)13-39-27-34-33-26(40-27)35-19-7-4-8-20(36)24(19)23(16(12-30)25(35)31)15-5-2-3-6-18(15)29/h2-3,5-6,9-11,23H,4,7-8,13,31H2,1H3,(H,32,37). The second-order valence-corrected chi connectivity index (χ2v) is 11.5. The number of rotatable bonds is 7. The Morgan fingerprint density at radius 2 is 2.12 bits per heavy atom. The molecule has 9 nitrogen and oxygen atoms in total. The number of hydrogen-bond donors (Lipinski definition) is 2. The maximum Gasteiger partial charge on any atom is 0.234 e. The van der Waals surface area contributed by atoms with E-state index in [-0.39, 0.29) is 34.4 Å². The number of nitrogens with one attached hydrogen (secondary N) is 1. The highest BCUT2D eigenvalue weighted by molar-refractivity contribution is 8.01. The third-order valence-electron chi connectivity index (χ3n) is 6.48. The first-order valence-corrected chi connectivity index (χ1v) is 14.3. The Kier molecular flexibility index (Phi) is 8.07. The van der Waals surface area contributed by atoms with Crippen LogP contribution in [0.15, 0.2) is 69.5 Å². The van der Waals surface area contributed by atoms with Crippen molar-refractivity contribution >= 4 is 57.2 Å². The van der Waals surface area contributed by atoms with Gasteiger partial charge in [-0.25, -0.2) is 4.39 Å². The number of nitrogens with zero attached hydrogens (tertiary/aromatic N) is 4. The maximum absolute atomic E-state index is 14.9. The van der Waals surface area contributed by atoms with Gasteiger partial charge in [0.05, 0.1) is 35.4 Å². The highest BCUT2D eigenvalue weighted by Gasteiger charge is 2.42. The van der Waals surface area contributed by atoms with E-state index in [0.29, 0.717) is 56.5 Å². The number of ketones is 1. The summed E-state index contributed by atoms with van der Waals surface area (Å²) in [4.78, 5) is 27.3. The molecule has 0 bridgehead atoms. The molecule has 204 valence electrons. The van der Waals surface area contributed by atoms with Gasteiger partial charge < -0.3 is 15.8 Å². The Morgan fingerprint density at radius 1 is 1.32 bits per heavy atom. The van der Waals surface area contributed by atoms with Crippen molar-refractivity contribution in [3.8, 4) is 11.8 Å². The molecular formula is C27H22ClFN6O3S2. The first-order chi connectivity index (χ1) is 19.3. The number of aromatic nitrogens is 2. The van der Waals surface area contributed by atoms with Crippen molar-refractivity contribution in [2.24, 2.45) is 5.73 Å². The SMILES string of the molecule is COc1ccc(NC(=O)CSc2nnc(N3C(N)=C(C#N)C(c4ccccc4F)C4=C3CCCC4=O)s2)cc1Cl. The van der Waals surface area contributed by atoms with Crippen molar-refractivity contribution in [3.63, 3.8) is 0 Å². The molecule has 40 heavy (non-hydrogen) atoms. The summed E-state index contributed by atoms with van der Waals surface area (Å²) in [5.41, 5.74) is 8.26. The molecule has 1 aromatic heterocycles. The van der Waals surface area contributed by atoms with Crippen molar-refractivity contribution in [3.05, 3.63) is 81.5 Å². The summed E-state index contributed by atoms with van der Waals surface area (Å²) in [6.45, 7) is 0. The lowest BCUT2D eigenvalue weighted by Crippen LogP contribution is -2.38. The van der Waals surface area contributed by atoms with Crippen molar-refractivity contribution in [1.82, 2.24) is 10.2 Å². The van der Waals surface area contributed by atoms with Gasteiger partial charge in [-0.3, -0.25) is 14.5 Å². The molecule has 1 atom stereocenters. The van der Waals surface area contributed by atoms with Gasteiger partial charge in [0.1, 0.15) is 17.4 Å². The Balaban J connectivity index is 1.39. The van der Waals surface area contributed by atoms with Crippen LogP contribution < -0.4 is 20.7 Å². The molecule has 13 heteroatoms. The fourth-order valence-corrected chi connectivity index (χ4v) is 6.68. The van der Waals surface area contributed by atoms with Crippen LogP contribution in [0.1, 0.15) is 30.7 Å². The van der Waals surface area contributed by atoms with Crippen molar-refractivity contribution in [1.29, 1.82) is 5.26 Å². The van der Waals surface area contributed by atoms with Gasteiger partial charge in [0.25, 0.3) is 0 Å². The van der Waals surface area contributed by atoms with Crippen LogP contribution in [0.3, 0.4) is 0 Å². The first kappa shape index (κ1) is 27.6. The molecule has 0 fully saturated rings. The number of methoxy groups -OCH3 is 1. The summed E-state index contributed by atoms with van der Waals surface area (Å²) < 4.78 is 20.5. The molecule has 5 rings (SSSR count). The molecule has 1 amide bonds. The van der Waals surface area contributed by atoms with E-state index in [4.69, 9.17) is 22.1 Å². The summed E-state index contributed by atoms with van der Waals surface area (Å²) >= 11 is 8.47. The lowest BCUT2D eigenvalue weighted by molar-refractivity contribution is -0.116. The van der Waals surface area contributed by atoms with Gasteiger partial charge in [-0.05, 0) is 37.1 Å². The quantitative estimate of drug-likeness (QED) is 0.345. The molecule has 2 heterocycles. The minimum atomic E-state index is -0.901. The molecule has 2 aromatic carbocycles. The van der Waals surface area contributed by atoms with Crippen LogP contribution in [0.25, 0.3) is 0 Å². The van der Waals surface area contributed by atoms with Crippen LogP contribution in [0.4, 0.5) is 15.2 Å². The molecule has 2 aliphatic rings. The highest BCUT2D eigenvalue weighted by Crippen LogP contribution is 2.47. The Morgan fingerprint density at radius 3 is 2.85 bits per heavy atom. The Hall–Kier alpha value is -3.92. The van der Waals surface area contributed by atoms with E-state index in [2.05, 4.69) is 21.6 Å². The van der Waals surface area contributed by atoms with E-state index in [9.17, 15) is 19.2 Å². The minimum absolute atomic E-state index is 0.0504. The summed E-state index contributed by atoms with van der Waals surface area (Å²) in [5.74, 6) is -1.23. The summed E-state index contributed by atoms with van der Waals surface area (Å²) in [7, 11) is 1.51. The number of carbonyl (C=O) groups excluding carboxylic acids is 2. The number of allylic oxidation sites excluding steroid dienone is 3. The smallest absolute Gasteiger partial charge is 0.234 e. The number of nitriles is 1. The van der Waals surface area contributed by atoms with Gasteiger partial charge in [0.15, 0.2) is 10.1 Å². The second kappa shape index (κ2) is 11.7. The van der Waals surface area contributed by atoms with Crippen LogP contribution in [0.5, 0.6) is 5.75 Å². The van der Waals surface area contributed by atoms with Gasteiger partial charge in [0, 0.05) is 28.9 Å². The third kappa shape index (κ3) is 5.28. The maximum atomic E-state index is 14.9. The normalized spacial score (nSPS) is 17.0. The zero-order valence-corrected chi connectivity index (χ0v) is 23.5. The molecule has 1 unspecified atom stereocenters. The molecular weight excluding hydrogens is 575 g/mol. The topological polar surface area (TPSA) is 134 Å². The molecule has 0 radical (unpaired) electrons. The van der Waals surface area contributed by atoms with Crippen LogP contribution >= 0.6 is 34.7 Å². The molecule has 1 aliphatic heterocycles. The number of amides is 1. The molecule has 0 saturated heterocycles. The van der Waals surface area contributed by atoms with Crippen molar-refractivity contribution in [2.75, 3.05) is 23.1 Å². The number of thioether (sulfide) groups is 1. The molecule has 1 aliphatic carbocycles. The zero-order valence-electron chi connectivity index (χ0n) is 21.1. The largest absolute Gasteiger partial charge is 0.495 e. The van der Waals surface area contributed by atoms with E-state index < -0.39 is 11.7 Å². The van der Waals surface area contributed by atoms with E-state index in [1.807, 2.05) is 0 Å². The second-order valence-electron chi connectivity index (χ2n) is 8.87. The van der Waals surface area contributed by atoms with Crippen molar-refractivity contribution in [2.45, 2.75) is 29.5 Å². The number of Topliss-reactive ketones (excluding diaryl/α,β-unsaturated/α-hetero) is 1. The number of halogens is 2. The summed E-state index contributed by atoms with van der Waals surface area (Å²) in [6, 6.07) is 13.1. The highest BCUT2D eigenvalue weighted by atomic mass is 35.5. The lowest BCUT2D eigenvalue weighted by Gasteiger charge is -2.38. The lowest BCUT2D eigenvalue weighted by atomic mass is 9.75. The predicted molar refractivity (Wildman–Crippen MR) is 152 cm³/mol. The van der Waals surface area contributed by atoms with Gasteiger partial charge in [-0.1, -0.05) is 52.9 Å². The molecule has 0 saturated carbocycles. The van der Waals surface area contributed by atoms with Gasteiger partial charge in [-0.15, -0.1) is 10.2 Å². The van der Waals surface area contributed by atoms with E-state index in [1.54, 1.807) is 41.3 Å². The average molecular weight is 597 g/mol. The number of ether oxygens (including phenoxy) is 1. The minimum Gasteiger partial charge on any atom is -0.495 e. The predicted octanol–water partition coefficient (Wildman–Crippen LogP) is 5.37. The van der Waals surface area contributed by atoms with Crippen LogP contribution in [-0.4, -0.2) is 34.8 Å². The summed E-state index contributed by atoms with van der Waals surface area (Å²) in [5, 5.41) is 22.0. The van der Waals surface area contributed by atoms with Crippen LogP contribution in [0.2, 0.25) is 5.02 Å². The summed E-state index contributed by atoms with van der Waals surface area (Å²) in [6.07, 6.45) is 1.38. The molecule has 0 spiro atoms.